The summed E-state index contributed by atoms with van der Waals surface area (Å²) in [6.45, 7) is 15.1. The van der Waals surface area contributed by atoms with E-state index < -0.39 is 0 Å². The fourth-order valence-corrected chi connectivity index (χ4v) is 3.71. The molecule has 1 aromatic heterocycles. The Kier molecular flexibility index (Phi) is 8.52. The largest absolute Gasteiger partial charge is 0.245 e. The lowest BCUT2D eigenvalue weighted by Crippen LogP contribution is -2.19. The van der Waals surface area contributed by atoms with Gasteiger partial charge in [-0.05, 0) is 82.6 Å². The Morgan fingerprint density at radius 2 is 1.70 bits per heavy atom. The van der Waals surface area contributed by atoms with Crippen LogP contribution in [-0.2, 0) is 0 Å². The molecule has 0 radical (unpaired) electrons. The van der Waals surface area contributed by atoms with E-state index >= 15 is 0 Å². The molecule has 1 aromatic rings. The average molecular weight is 405 g/mol. The standard InChI is InChI=1S/C26H36N4/c1-19(13-14-24-21(3)12-9-16-26(24,6)7)10-8-11-20(2)15-17-27-30-25-28-22(4)18-23(5)29-25/h8,10-11,13-15,17-18H,9,12,16H2,1-7H3,(H,28,29,30). The van der Waals surface area contributed by atoms with Crippen molar-refractivity contribution in [2.45, 2.75) is 67.7 Å². The molecule has 4 nitrogen and oxygen atoms in total. The number of hydrogen-bond acceptors (Lipinski definition) is 4. The summed E-state index contributed by atoms with van der Waals surface area (Å²) < 4.78 is 0. The third-order valence-corrected chi connectivity index (χ3v) is 5.33. The van der Waals surface area contributed by atoms with Crippen LogP contribution in [-0.4, -0.2) is 16.2 Å². The molecular weight excluding hydrogens is 368 g/mol. The Bertz CT molecular complexity index is 904. The smallest absolute Gasteiger partial charge is 0.243 e. The van der Waals surface area contributed by atoms with Crippen LogP contribution in [0.5, 0.6) is 0 Å². The summed E-state index contributed by atoms with van der Waals surface area (Å²) in [4.78, 5) is 8.59. The topological polar surface area (TPSA) is 50.2 Å². The van der Waals surface area contributed by atoms with E-state index in [2.05, 4.69) is 78.6 Å². The van der Waals surface area contributed by atoms with Crippen molar-refractivity contribution in [3.63, 3.8) is 0 Å². The highest BCUT2D eigenvalue weighted by Crippen LogP contribution is 2.40. The van der Waals surface area contributed by atoms with Crippen LogP contribution >= 0.6 is 0 Å². The molecule has 1 N–H and O–H groups in total. The summed E-state index contributed by atoms with van der Waals surface area (Å²) >= 11 is 0. The molecule has 0 amide bonds. The number of nitrogens with zero attached hydrogens (tertiary/aromatic N) is 3. The van der Waals surface area contributed by atoms with Gasteiger partial charge in [-0.25, -0.2) is 15.4 Å². The SMILES string of the molecule is CC(C=CC1=C(C)CCCC1(C)C)=CC=CC(C)=CC=NNc1nc(C)cc(C)n1. The van der Waals surface area contributed by atoms with Gasteiger partial charge in [-0.3, -0.25) is 0 Å². The molecule has 0 bridgehead atoms. The molecule has 2 rings (SSSR count). The van der Waals surface area contributed by atoms with Gasteiger partial charge in [-0.2, -0.15) is 5.10 Å². The van der Waals surface area contributed by atoms with Gasteiger partial charge in [0.25, 0.3) is 0 Å². The molecule has 1 aliphatic rings. The van der Waals surface area contributed by atoms with E-state index in [9.17, 15) is 0 Å². The first-order chi connectivity index (χ1) is 14.2. The Labute approximate surface area is 182 Å². The van der Waals surface area contributed by atoms with Crippen LogP contribution in [0.1, 0.15) is 65.3 Å². The minimum absolute atomic E-state index is 0.282. The predicted octanol–water partition coefficient (Wildman–Crippen LogP) is 7.02. The van der Waals surface area contributed by atoms with Gasteiger partial charge in [-0.1, -0.05) is 55.4 Å². The second-order valence-corrected chi connectivity index (χ2v) is 8.81. The Morgan fingerprint density at radius 3 is 2.37 bits per heavy atom. The molecule has 0 fully saturated rings. The zero-order valence-corrected chi connectivity index (χ0v) is 19.6. The minimum atomic E-state index is 0.282. The highest BCUT2D eigenvalue weighted by atomic mass is 15.3. The number of aromatic nitrogens is 2. The van der Waals surface area contributed by atoms with Crippen molar-refractivity contribution in [1.29, 1.82) is 0 Å². The van der Waals surface area contributed by atoms with Gasteiger partial charge >= 0.3 is 0 Å². The van der Waals surface area contributed by atoms with Crippen LogP contribution in [0.4, 0.5) is 5.95 Å². The maximum absolute atomic E-state index is 4.30. The van der Waals surface area contributed by atoms with Gasteiger partial charge in [0.1, 0.15) is 0 Å². The summed E-state index contributed by atoms with van der Waals surface area (Å²) in [7, 11) is 0. The molecule has 4 heteroatoms. The maximum atomic E-state index is 4.30. The number of allylic oxidation sites excluding steroid dienone is 10. The molecule has 0 saturated heterocycles. The number of aryl methyl sites for hydroxylation is 2. The highest BCUT2D eigenvalue weighted by molar-refractivity contribution is 5.73. The van der Waals surface area contributed by atoms with Gasteiger partial charge < -0.3 is 0 Å². The van der Waals surface area contributed by atoms with E-state index in [-0.39, 0.29) is 5.41 Å². The Hall–Kier alpha value is -2.75. The molecule has 1 heterocycles. The van der Waals surface area contributed by atoms with Gasteiger partial charge in [-0.15, -0.1) is 0 Å². The summed E-state index contributed by atoms with van der Waals surface area (Å²) in [5.41, 5.74) is 10.4. The van der Waals surface area contributed by atoms with Crippen molar-refractivity contribution in [2.24, 2.45) is 10.5 Å². The number of hydrogen-bond donors (Lipinski definition) is 1. The first-order valence-electron chi connectivity index (χ1n) is 10.7. The molecule has 0 aromatic carbocycles. The fourth-order valence-electron chi connectivity index (χ4n) is 3.71. The van der Waals surface area contributed by atoms with E-state index in [0.29, 0.717) is 5.95 Å². The molecule has 0 aliphatic heterocycles. The van der Waals surface area contributed by atoms with Crippen molar-refractivity contribution in [3.8, 4) is 0 Å². The molecular formula is C26H36N4. The monoisotopic (exact) mass is 404 g/mol. The number of nitrogens with one attached hydrogen (secondary N) is 1. The van der Waals surface area contributed by atoms with Gasteiger partial charge in [0.15, 0.2) is 0 Å². The van der Waals surface area contributed by atoms with Crippen molar-refractivity contribution in [3.05, 3.63) is 76.2 Å². The summed E-state index contributed by atoms with van der Waals surface area (Å²) in [6.07, 6.45) is 18.3. The molecule has 0 saturated carbocycles. The second kappa shape index (κ2) is 10.9. The van der Waals surface area contributed by atoms with E-state index in [4.69, 9.17) is 0 Å². The molecule has 0 unspecified atom stereocenters. The number of rotatable bonds is 7. The minimum Gasteiger partial charge on any atom is -0.245 e. The van der Waals surface area contributed by atoms with Crippen molar-refractivity contribution in [2.75, 3.05) is 5.43 Å². The molecule has 160 valence electrons. The van der Waals surface area contributed by atoms with Gasteiger partial charge in [0, 0.05) is 17.6 Å². The normalized spacial score (nSPS) is 18.2. The predicted molar refractivity (Wildman–Crippen MR) is 130 cm³/mol. The molecule has 1 aliphatic carbocycles. The third kappa shape index (κ3) is 7.58. The van der Waals surface area contributed by atoms with Crippen LogP contribution < -0.4 is 5.43 Å². The summed E-state index contributed by atoms with van der Waals surface area (Å²) in [6, 6.07) is 1.93. The van der Waals surface area contributed by atoms with Crippen molar-refractivity contribution in [1.82, 2.24) is 9.97 Å². The van der Waals surface area contributed by atoms with E-state index in [1.165, 1.54) is 36.0 Å². The Morgan fingerprint density at radius 1 is 1.03 bits per heavy atom. The second-order valence-electron chi connectivity index (χ2n) is 8.81. The van der Waals surface area contributed by atoms with Gasteiger partial charge in [0.05, 0.1) is 0 Å². The molecule has 0 spiro atoms. The first-order valence-corrected chi connectivity index (χ1v) is 10.7. The number of anilines is 1. The van der Waals surface area contributed by atoms with Gasteiger partial charge in [0.2, 0.25) is 5.95 Å². The summed E-state index contributed by atoms with van der Waals surface area (Å²) in [5.74, 6) is 0.516. The van der Waals surface area contributed by atoms with Crippen molar-refractivity contribution >= 4 is 12.2 Å². The fraction of sp³-hybridized carbons (Fsp3) is 0.423. The Balaban J connectivity index is 1.91. The summed E-state index contributed by atoms with van der Waals surface area (Å²) in [5, 5.41) is 4.17. The van der Waals surface area contributed by atoms with Crippen LogP contribution in [0.15, 0.2) is 69.9 Å². The van der Waals surface area contributed by atoms with Crippen LogP contribution in [0.25, 0.3) is 0 Å². The van der Waals surface area contributed by atoms with E-state index in [1.807, 2.05) is 32.9 Å². The van der Waals surface area contributed by atoms with E-state index in [1.54, 1.807) is 6.21 Å². The quantitative estimate of drug-likeness (QED) is 0.302. The lowest BCUT2D eigenvalue weighted by atomic mass is 9.72. The van der Waals surface area contributed by atoms with E-state index in [0.717, 1.165) is 17.0 Å². The lowest BCUT2D eigenvalue weighted by molar-refractivity contribution is 0.377. The van der Waals surface area contributed by atoms with Crippen LogP contribution in [0, 0.1) is 19.3 Å². The highest BCUT2D eigenvalue weighted by Gasteiger charge is 2.26. The third-order valence-electron chi connectivity index (χ3n) is 5.33. The maximum Gasteiger partial charge on any atom is 0.243 e. The first kappa shape index (κ1) is 23.5. The zero-order chi connectivity index (χ0) is 22.1. The lowest BCUT2D eigenvalue weighted by Gasteiger charge is -2.32. The van der Waals surface area contributed by atoms with Crippen molar-refractivity contribution < 1.29 is 0 Å². The van der Waals surface area contributed by atoms with Crippen LogP contribution in [0.3, 0.4) is 0 Å². The zero-order valence-electron chi connectivity index (χ0n) is 19.6. The number of hydrazone groups is 1. The molecule has 0 atom stereocenters. The molecule has 30 heavy (non-hydrogen) atoms. The van der Waals surface area contributed by atoms with Crippen LogP contribution in [0.2, 0.25) is 0 Å². The average Bonchev–Trinajstić information content (AvgIpc) is 2.63.